The van der Waals surface area contributed by atoms with Gasteiger partial charge in [0, 0.05) is 65.2 Å². The minimum Gasteiger partial charge on any atom is -0.456 e. The summed E-state index contributed by atoms with van der Waals surface area (Å²) in [7, 11) is 0. The highest BCUT2D eigenvalue weighted by Crippen LogP contribution is 2.55. The van der Waals surface area contributed by atoms with E-state index in [0.717, 1.165) is 21.9 Å². The number of benzene rings is 8. The molecule has 0 radical (unpaired) electrons. The highest BCUT2D eigenvalue weighted by Gasteiger charge is 2.46. The molecule has 0 spiro atoms. The number of nitrogens with zero attached hydrogens (tertiary/aromatic N) is 2. The van der Waals surface area contributed by atoms with E-state index in [1.807, 2.05) is 11.3 Å². The number of rotatable bonds is 2. The van der Waals surface area contributed by atoms with Crippen molar-refractivity contribution in [1.82, 2.24) is 4.57 Å². The van der Waals surface area contributed by atoms with Gasteiger partial charge in [0.05, 0.1) is 11.0 Å². The van der Waals surface area contributed by atoms with Crippen molar-refractivity contribution in [3.63, 3.8) is 0 Å². The van der Waals surface area contributed by atoms with E-state index in [0.29, 0.717) is 0 Å². The van der Waals surface area contributed by atoms with E-state index in [2.05, 4.69) is 216 Å². The van der Waals surface area contributed by atoms with Crippen LogP contribution in [0.2, 0.25) is 0 Å². The number of hydrogen-bond donors (Lipinski definition) is 0. The summed E-state index contributed by atoms with van der Waals surface area (Å²) >= 11 is 1.89. The number of para-hydroxylation sites is 1. The zero-order valence-electron chi connectivity index (χ0n) is 38.7. The van der Waals surface area contributed by atoms with Gasteiger partial charge in [0.15, 0.2) is 0 Å². The molecule has 318 valence electrons. The number of anilines is 2. The fourth-order valence-corrected chi connectivity index (χ4v) is 13.1. The first kappa shape index (κ1) is 38.5. The maximum atomic E-state index is 6.64. The van der Waals surface area contributed by atoms with E-state index < -0.39 is 0 Å². The molecule has 3 aromatic heterocycles. The quantitative estimate of drug-likeness (QED) is 0.161. The van der Waals surface area contributed by atoms with Gasteiger partial charge in [0.25, 0.3) is 0 Å². The molecule has 8 aromatic carbocycles. The van der Waals surface area contributed by atoms with Crippen LogP contribution in [0, 0.1) is 0 Å². The van der Waals surface area contributed by atoms with Gasteiger partial charge < -0.3 is 13.8 Å². The summed E-state index contributed by atoms with van der Waals surface area (Å²) < 4.78 is 10.5. The summed E-state index contributed by atoms with van der Waals surface area (Å²) in [5.41, 5.74) is 22.7. The Balaban J connectivity index is 1.12. The summed E-state index contributed by atoms with van der Waals surface area (Å²) in [6.07, 6.45) is 0. The molecule has 11 aromatic rings. The number of hydrogen-bond acceptors (Lipinski definition) is 3. The molecule has 14 rings (SSSR count). The molecule has 66 heavy (non-hydrogen) atoms. The Morgan fingerprint density at radius 3 is 2.06 bits per heavy atom. The second-order valence-corrected chi connectivity index (χ2v) is 22.9. The normalized spacial score (nSPS) is 14.7. The van der Waals surface area contributed by atoms with Crippen molar-refractivity contribution in [1.29, 1.82) is 0 Å². The molecule has 3 nitrogen and oxygen atoms in total. The van der Waals surface area contributed by atoms with Gasteiger partial charge in [-0.1, -0.05) is 152 Å². The molecule has 0 unspecified atom stereocenters. The SMILES string of the molecule is CC(C)(C)c1ccc(N2B3c4cc5cc(-c6ccccc6)sc5cc4-n4c5cc6oc7ccccc7c6cc5c5ccc(c3c54)-c3cc4c(cc32)-c2ccc(C(C)(C)C)cc2C4(C)C)cc1. The molecule has 0 fully saturated rings. The lowest BCUT2D eigenvalue weighted by molar-refractivity contribution is 0.584. The van der Waals surface area contributed by atoms with Crippen LogP contribution in [0.4, 0.5) is 11.4 Å². The van der Waals surface area contributed by atoms with Gasteiger partial charge in [-0.25, -0.2) is 0 Å². The number of aromatic nitrogens is 1. The topological polar surface area (TPSA) is 21.3 Å². The molecule has 0 amide bonds. The molecule has 3 aliphatic rings. The molecule has 5 heteroatoms. The minimum absolute atomic E-state index is 0.0308. The number of furan rings is 1. The van der Waals surface area contributed by atoms with E-state index in [4.69, 9.17) is 4.42 Å². The zero-order chi connectivity index (χ0) is 44.8. The average molecular weight is 869 g/mol. The molecule has 0 saturated heterocycles. The van der Waals surface area contributed by atoms with Gasteiger partial charge >= 0.3 is 6.85 Å². The molecule has 0 saturated carbocycles. The van der Waals surface area contributed by atoms with E-state index in [1.54, 1.807) is 0 Å². The number of thiophene rings is 1. The predicted octanol–water partition coefficient (Wildman–Crippen LogP) is 15.7. The first-order valence-electron chi connectivity index (χ1n) is 23.5. The largest absolute Gasteiger partial charge is 0.456 e. The smallest absolute Gasteiger partial charge is 0.333 e. The van der Waals surface area contributed by atoms with Crippen LogP contribution in [0.15, 0.2) is 156 Å². The Bertz CT molecular complexity index is 3920. The van der Waals surface area contributed by atoms with Crippen LogP contribution in [0.3, 0.4) is 0 Å². The van der Waals surface area contributed by atoms with E-state index >= 15 is 0 Å². The van der Waals surface area contributed by atoms with E-state index in [9.17, 15) is 0 Å². The fraction of sp³-hybridized carbons (Fsp3) is 0.180. The molecule has 0 atom stereocenters. The van der Waals surface area contributed by atoms with Crippen LogP contribution in [0.1, 0.15) is 77.6 Å². The van der Waals surface area contributed by atoms with Crippen molar-refractivity contribution in [2.24, 2.45) is 0 Å². The van der Waals surface area contributed by atoms with Crippen molar-refractivity contribution >= 4 is 94.3 Å². The maximum Gasteiger partial charge on any atom is 0.333 e. The van der Waals surface area contributed by atoms with Crippen LogP contribution in [-0.4, -0.2) is 11.4 Å². The van der Waals surface area contributed by atoms with Crippen LogP contribution in [0.5, 0.6) is 0 Å². The lowest BCUT2D eigenvalue weighted by Gasteiger charge is -2.42. The first-order chi connectivity index (χ1) is 31.7. The Morgan fingerprint density at radius 1 is 0.545 bits per heavy atom. The fourth-order valence-electron chi connectivity index (χ4n) is 12.0. The van der Waals surface area contributed by atoms with Crippen molar-refractivity contribution in [2.45, 2.75) is 71.6 Å². The van der Waals surface area contributed by atoms with Crippen molar-refractivity contribution in [3.05, 3.63) is 174 Å². The second-order valence-electron chi connectivity index (χ2n) is 21.8. The Morgan fingerprint density at radius 2 is 1.27 bits per heavy atom. The lowest BCUT2D eigenvalue weighted by Crippen LogP contribution is -2.60. The first-order valence-corrected chi connectivity index (χ1v) is 24.3. The van der Waals surface area contributed by atoms with Crippen molar-refractivity contribution in [3.8, 4) is 38.4 Å². The van der Waals surface area contributed by atoms with E-state index in [1.165, 1.54) is 115 Å². The predicted molar refractivity (Wildman–Crippen MR) is 283 cm³/mol. The second kappa shape index (κ2) is 12.7. The lowest BCUT2D eigenvalue weighted by atomic mass is 9.44. The summed E-state index contributed by atoms with van der Waals surface area (Å²) in [6, 6.07) is 58.2. The molecular weight excluding hydrogens is 820 g/mol. The average Bonchev–Trinajstić information content (AvgIpc) is 4.04. The monoisotopic (exact) mass is 868 g/mol. The maximum absolute atomic E-state index is 6.64. The van der Waals surface area contributed by atoms with Gasteiger partial charge in [-0.15, -0.1) is 11.3 Å². The molecule has 5 heterocycles. The molecule has 1 aliphatic carbocycles. The Hall–Kier alpha value is -6.82. The van der Waals surface area contributed by atoms with Crippen molar-refractivity contribution < 1.29 is 4.42 Å². The van der Waals surface area contributed by atoms with Crippen LogP contribution >= 0.6 is 11.3 Å². The summed E-state index contributed by atoms with van der Waals surface area (Å²) in [5, 5.41) is 6.12. The van der Waals surface area contributed by atoms with Gasteiger partial charge in [-0.05, 0) is 120 Å². The third kappa shape index (κ3) is 5.10. The van der Waals surface area contributed by atoms with Crippen LogP contribution in [-0.2, 0) is 16.2 Å². The van der Waals surface area contributed by atoms with Gasteiger partial charge in [-0.2, -0.15) is 0 Å². The molecule has 0 N–H and O–H groups in total. The summed E-state index contributed by atoms with van der Waals surface area (Å²) in [5.74, 6) is 0. The third-order valence-electron chi connectivity index (χ3n) is 15.5. The highest BCUT2D eigenvalue weighted by molar-refractivity contribution is 7.22. The Labute approximate surface area is 390 Å². The van der Waals surface area contributed by atoms with Crippen LogP contribution < -0.4 is 15.7 Å². The Kier molecular flexibility index (Phi) is 7.43. The third-order valence-corrected chi connectivity index (χ3v) is 16.6. The summed E-state index contributed by atoms with van der Waals surface area (Å²) in [4.78, 5) is 3.99. The van der Waals surface area contributed by atoms with Gasteiger partial charge in [0.1, 0.15) is 11.2 Å². The minimum atomic E-state index is -0.169. The molecule has 2 aliphatic heterocycles. The zero-order valence-corrected chi connectivity index (χ0v) is 39.5. The standard InChI is InChI=1S/C61H49BN2OS/c1-59(2,3)36-18-21-38(22-19-36)64-51-31-43-39-23-20-37(60(4,5)6)28-47(39)61(7,8)48(43)30-45(51)41-24-25-42-44-29-46-40-16-12-13-17-53(40)65-54(46)32-50(44)63-52-33-56-35(26-49(52)62(64)57(41)58(42)63)27-55(66-56)34-14-10-9-11-15-34/h9-33H,1-8H3. The van der Waals surface area contributed by atoms with Crippen LogP contribution in [0.25, 0.3) is 92.2 Å². The van der Waals surface area contributed by atoms with Crippen molar-refractivity contribution in [2.75, 3.05) is 4.81 Å². The molecule has 0 bridgehead atoms. The summed E-state index contributed by atoms with van der Waals surface area (Å²) in [6.45, 7) is 18.7. The van der Waals surface area contributed by atoms with Gasteiger partial charge in [0.2, 0.25) is 0 Å². The number of fused-ring (bicyclic) bond motifs is 15. The molecular formula is C61H49BN2OS. The van der Waals surface area contributed by atoms with E-state index in [-0.39, 0.29) is 23.1 Å². The van der Waals surface area contributed by atoms with Gasteiger partial charge in [-0.3, -0.25) is 0 Å². The highest BCUT2D eigenvalue weighted by atomic mass is 32.1.